The van der Waals surface area contributed by atoms with Crippen molar-refractivity contribution in [3.8, 4) is 0 Å². The first kappa shape index (κ1) is 12.4. The summed E-state index contributed by atoms with van der Waals surface area (Å²) in [5.74, 6) is 0. The minimum Gasteiger partial charge on any atom is -0.393 e. The Kier molecular flexibility index (Phi) is 9.88. The molecule has 0 aliphatic rings. The molecule has 1 atom stereocenters. The fourth-order valence-electron chi connectivity index (χ4n) is 1.24. The van der Waals surface area contributed by atoms with Gasteiger partial charge in [0.25, 0.3) is 0 Å². The SMILES string of the molecule is C[C@H](O)CCCCCCCCBr. The molecular weight excluding hydrogens is 216 g/mol. The maximum absolute atomic E-state index is 8.99. The van der Waals surface area contributed by atoms with Gasteiger partial charge in [0, 0.05) is 5.33 Å². The largest absolute Gasteiger partial charge is 0.393 e. The molecule has 12 heavy (non-hydrogen) atoms. The van der Waals surface area contributed by atoms with Crippen molar-refractivity contribution >= 4 is 15.9 Å². The van der Waals surface area contributed by atoms with E-state index < -0.39 is 0 Å². The van der Waals surface area contributed by atoms with Gasteiger partial charge < -0.3 is 5.11 Å². The molecule has 0 spiro atoms. The highest BCUT2D eigenvalue weighted by Crippen LogP contribution is 2.08. The molecule has 0 aromatic carbocycles. The second-order valence-electron chi connectivity index (χ2n) is 3.45. The third-order valence-corrected chi connectivity index (χ3v) is 2.57. The van der Waals surface area contributed by atoms with Crippen molar-refractivity contribution in [2.75, 3.05) is 5.33 Å². The molecule has 0 fully saturated rings. The first-order chi connectivity index (χ1) is 5.77. The molecule has 0 radical (unpaired) electrons. The van der Waals surface area contributed by atoms with Crippen molar-refractivity contribution in [3.05, 3.63) is 0 Å². The Hall–Kier alpha value is 0.440. The zero-order valence-electron chi connectivity index (χ0n) is 8.06. The Labute approximate surface area is 84.7 Å². The Morgan fingerprint density at radius 1 is 1.00 bits per heavy atom. The number of unbranched alkanes of at least 4 members (excludes halogenated alkanes) is 5. The summed E-state index contributed by atoms with van der Waals surface area (Å²) in [7, 11) is 0. The van der Waals surface area contributed by atoms with Crippen LogP contribution in [0.15, 0.2) is 0 Å². The minimum absolute atomic E-state index is 0.104. The van der Waals surface area contributed by atoms with Crippen molar-refractivity contribution < 1.29 is 5.11 Å². The van der Waals surface area contributed by atoms with Crippen LogP contribution in [-0.4, -0.2) is 16.5 Å². The lowest BCUT2D eigenvalue weighted by molar-refractivity contribution is 0.180. The molecule has 0 aromatic rings. The lowest BCUT2D eigenvalue weighted by Crippen LogP contribution is -1.98. The molecule has 74 valence electrons. The van der Waals surface area contributed by atoms with Gasteiger partial charge in [-0.2, -0.15) is 0 Å². The molecule has 0 aliphatic heterocycles. The van der Waals surface area contributed by atoms with Gasteiger partial charge in [-0.25, -0.2) is 0 Å². The summed E-state index contributed by atoms with van der Waals surface area (Å²) < 4.78 is 0. The van der Waals surface area contributed by atoms with Crippen molar-refractivity contribution in [1.29, 1.82) is 0 Å². The van der Waals surface area contributed by atoms with E-state index in [0.717, 1.165) is 11.8 Å². The number of aliphatic hydroxyl groups excluding tert-OH is 1. The van der Waals surface area contributed by atoms with E-state index >= 15 is 0 Å². The monoisotopic (exact) mass is 236 g/mol. The van der Waals surface area contributed by atoms with E-state index in [0.29, 0.717) is 0 Å². The van der Waals surface area contributed by atoms with E-state index in [1.54, 1.807) is 0 Å². The summed E-state index contributed by atoms with van der Waals surface area (Å²) in [6.45, 7) is 1.87. The summed E-state index contributed by atoms with van der Waals surface area (Å²) >= 11 is 3.42. The van der Waals surface area contributed by atoms with Crippen molar-refractivity contribution in [1.82, 2.24) is 0 Å². The van der Waals surface area contributed by atoms with Gasteiger partial charge in [0.15, 0.2) is 0 Å². The molecule has 0 amide bonds. The van der Waals surface area contributed by atoms with E-state index in [1.165, 1.54) is 38.5 Å². The first-order valence-corrected chi connectivity index (χ1v) is 6.13. The van der Waals surface area contributed by atoms with Gasteiger partial charge in [-0.05, 0) is 19.8 Å². The Balaban J connectivity index is 2.82. The number of alkyl halides is 1. The summed E-state index contributed by atoms with van der Waals surface area (Å²) in [4.78, 5) is 0. The Morgan fingerprint density at radius 3 is 2.00 bits per heavy atom. The van der Waals surface area contributed by atoms with Gasteiger partial charge in [-0.1, -0.05) is 48.0 Å². The van der Waals surface area contributed by atoms with Gasteiger partial charge in [0.2, 0.25) is 0 Å². The Morgan fingerprint density at radius 2 is 1.50 bits per heavy atom. The molecule has 1 nitrogen and oxygen atoms in total. The molecule has 0 saturated heterocycles. The highest BCUT2D eigenvalue weighted by Gasteiger charge is 1.95. The average Bonchev–Trinajstić information content (AvgIpc) is 2.02. The topological polar surface area (TPSA) is 20.2 Å². The molecular formula is C10H21BrO. The van der Waals surface area contributed by atoms with Crippen LogP contribution < -0.4 is 0 Å². The van der Waals surface area contributed by atoms with Gasteiger partial charge in [0.1, 0.15) is 0 Å². The van der Waals surface area contributed by atoms with Crippen LogP contribution in [0.5, 0.6) is 0 Å². The highest BCUT2D eigenvalue weighted by atomic mass is 79.9. The van der Waals surface area contributed by atoms with E-state index in [1.807, 2.05) is 6.92 Å². The fourth-order valence-corrected chi connectivity index (χ4v) is 1.64. The molecule has 0 unspecified atom stereocenters. The van der Waals surface area contributed by atoms with Gasteiger partial charge >= 0.3 is 0 Å². The second-order valence-corrected chi connectivity index (χ2v) is 4.24. The maximum atomic E-state index is 8.99. The first-order valence-electron chi connectivity index (χ1n) is 5.01. The molecule has 0 bridgehead atoms. The summed E-state index contributed by atoms with van der Waals surface area (Å²) in [5.41, 5.74) is 0. The van der Waals surface area contributed by atoms with Crippen LogP contribution in [-0.2, 0) is 0 Å². The maximum Gasteiger partial charge on any atom is 0.0512 e. The number of aliphatic hydroxyl groups is 1. The minimum atomic E-state index is -0.104. The number of halogens is 1. The molecule has 1 N–H and O–H groups in total. The van der Waals surface area contributed by atoms with Crippen LogP contribution in [0.4, 0.5) is 0 Å². The van der Waals surface area contributed by atoms with Crippen LogP contribution in [0, 0.1) is 0 Å². The molecule has 0 heterocycles. The van der Waals surface area contributed by atoms with Crippen LogP contribution in [0.2, 0.25) is 0 Å². The molecule has 0 saturated carbocycles. The van der Waals surface area contributed by atoms with Crippen molar-refractivity contribution in [2.45, 2.75) is 58.0 Å². The van der Waals surface area contributed by atoms with Gasteiger partial charge in [-0.3, -0.25) is 0 Å². The van der Waals surface area contributed by atoms with Crippen LogP contribution in [0.1, 0.15) is 51.9 Å². The lowest BCUT2D eigenvalue weighted by Gasteiger charge is -2.03. The van der Waals surface area contributed by atoms with Crippen molar-refractivity contribution in [2.24, 2.45) is 0 Å². The number of hydrogen-bond acceptors (Lipinski definition) is 1. The van der Waals surface area contributed by atoms with E-state index in [9.17, 15) is 0 Å². The third kappa shape index (κ3) is 10.4. The number of hydrogen-bond donors (Lipinski definition) is 1. The molecule has 0 rings (SSSR count). The van der Waals surface area contributed by atoms with Crippen LogP contribution in [0.25, 0.3) is 0 Å². The third-order valence-electron chi connectivity index (χ3n) is 2.01. The summed E-state index contributed by atoms with van der Waals surface area (Å²) in [6.07, 6.45) is 8.67. The normalized spacial score (nSPS) is 13.2. The van der Waals surface area contributed by atoms with E-state index in [-0.39, 0.29) is 6.10 Å². The average molecular weight is 237 g/mol. The van der Waals surface area contributed by atoms with E-state index in [4.69, 9.17) is 5.11 Å². The molecule has 0 aromatic heterocycles. The Bertz CT molecular complexity index is 83.9. The predicted molar refractivity (Wildman–Crippen MR) is 57.8 cm³/mol. The highest BCUT2D eigenvalue weighted by molar-refractivity contribution is 9.09. The van der Waals surface area contributed by atoms with E-state index in [2.05, 4.69) is 15.9 Å². The summed E-state index contributed by atoms with van der Waals surface area (Å²) in [6, 6.07) is 0. The standard InChI is InChI=1S/C10H21BrO/c1-10(12)8-6-4-2-3-5-7-9-11/h10,12H,2-9H2,1H3/t10-/m0/s1. The second kappa shape index (κ2) is 9.53. The van der Waals surface area contributed by atoms with Crippen molar-refractivity contribution in [3.63, 3.8) is 0 Å². The summed E-state index contributed by atoms with van der Waals surface area (Å²) in [5, 5.41) is 10.1. The molecule has 2 heteroatoms. The lowest BCUT2D eigenvalue weighted by atomic mass is 10.1. The van der Waals surface area contributed by atoms with Gasteiger partial charge in [0.05, 0.1) is 6.10 Å². The van der Waals surface area contributed by atoms with Crippen LogP contribution in [0.3, 0.4) is 0 Å². The zero-order valence-corrected chi connectivity index (χ0v) is 9.65. The fraction of sp³-hybridized carbons (Fsp3) is 1.00. The van der Waals surface area contributed by atoms with Gasteiger partial charge in [-0.15, -0.1) is 0 Å². The smallest absolute Gasteiger partial charge is 0.0512 e. The molecule has 0 aliphatic carbocycles. The van der Waals surface area contributed by atoms with Crippen LogP contribution >= 0.6 is 15.9 Å². The zero-order chi connectivity index (χ0) is 9.23. The predicted octanol–water partition coefficient (Wildman–Crippen LogP) is 3.49. The number of rotatable bonds is 8. The quantitative estimate of drug-likeness (QED) is 0.506.